The molecule has 0 radical (unpaired) electrons. The van der Waals surface area contributed by atoms with Crippen LogP contribution in [0.5, 0.6) is 0 Å². The number of hydroxylamine groups is 2. The second kappa shape index (κ2) is 4.46. The summed E-state index contributed by atoms with van der Waals surface area (Å²) >= 11 is 0. The Morgan fingerprint density at radius 1 is 1.24 bits per heavy atom. The van der Waals surface area contributed by atoms with Crippen molar-refractivity contribution in [3.63, 3.8) is 0 Å². The lowest BCUT2D eigenvalue weighted by molar-refractivity contribution is -0.149. The van der Waals surface area contributed by atoms with Crippen LogP contribution in [0.3, 0.4) is 0 Å². The SMILES string of the molecule is Cc1ccc(S(=O)(=O)ON2CCCC2=O)cc1. The minimum Gasteiger partial charge on any atom is -0.273 e. The van der Waals surface area contributed by atoms with E-state index in [0.717, 1.165) is 10.6 Å². The van der Waals surface area contributed by atoms with E-state index in [2.05, 4.69) is 0 Å². The highest BCUT2D eigenvalue weighted by molar-refractivity contribution is 7.86. The largest absolute Gasteiger partial charge is 0.317 e. The number of rotatable bonds is 3. The standard InChI is InChI=1S/C11H13NO4S/c1-9-4-6-10(7-5-9)17(14,15)16-12-8-2-3-11(12)13/h4-7H,2-3,8H2,1H3. The fourth-order valence-electron chi connectivity index (χ4n) is 1.57. The summed E-state index contributed by atoms with van der Waals surface area (Å²) in [5, 5.41) is 0.912. The molecule has 5 nitrogen and oxygen atoms in total. The van der Waals surface area contributed by atoms with Crippen molar-refractivity contribution < 1.29 is 17.5 Å². The van der Waals surface area contributed by atoms with Crippen LogP contribution in [0.1, 0.15) is 18.4 Å². The van der Waals surface area contributed by atoms with Crippen molar-refractivity contribution in [2.75, 3.05) is 6.54 Å². The minimum absolute atomic E-state index is 0.0581. The van der Waals surface area contributed by atoms with Gasteiger partial charge in [-0.25, -0.2) is 5.06 Å². The van der Waals surface area contributed by atoms with Crippen LogP contribution in [-0.4, -0.2) is 25.9 Å². The van der Waals surface area contributed by atoms with Crippen LogP contribution < -0.4 is 0 Å². The average Bonchev–Trinajstić information content (AvgIpc) is 2.64. The molecule has 0 N–H and O–H groups in total. The molecule has 1 aromatic rings. The third-order valence-corrected chi connectivity index (χ3v) is 3.75. The second-order valence-corrected chi connectivity index (χ2v) is 5.47. The molecule has 2 rings (SSSR count). The van der Waals surface area contributed by atoms with Gasteiger partial charge >= 0.3 is 10.1 Å². The van der Waals surface area contributed by atoms with Gasteiger partial charge in [0.1, 0.15) is 0 Å². The Labute approximate surface area is 100 Å². The molecule has 1 aliphatic rings. The number of aryl methyl sites for hydroxylation is 1. The third-order valence-electron chi connectivity index (χ3n) is 2.53. The van der Waals surface area contributed by atoms with E-state index in [-0.39, 0.29) is 10.8 Å². The van der Waals surface area contributed by atoms with E-state index in [1.54, 1.807) is 12.1 Å². The van der Waals surface area contributed by atoms with Crippen LogP contribution in [0.25, 0.3) is 0 Å². The Hall–Kier alpha value is -1.40. The van der Waals surface area contributed by atoms with E-state index in [9.17, 15) is 13.2 Å². The van der Waals surface area contributed by atoms with Gasteiger partial charge in [-0.3, -0.25) is 4.79 Å². The maximum Gasteiger partial charge on any atom is 0.317 e. The van der Waals surface area contributed by atoms with Crippen LogP contribution in [-0.2, 0) is 19.2 Å². The van der Waals surface area contributed by atoms with Gasteiger partial charge < -0.3 is 0 Å². The van der Waals surface area contributed by atoms with Gasteiger partial charge in [0.25, 0.3) is 0 Å². The van der Waals surface area contributed by atoms with Crippen LogP contribution >= 0.6 is 0 Å². The van der Waals surface area contributed by atoms with Crippen molar-refractivity contribution in [2.45, 2.75) is 24.7 Å². The van der Waals surface area contributed by atoms with Crippen LogP contribution in [0.15, 0.2) is 29.2 Å². The summed E-state index contributed by atoms with van der Waals surface area (Å²) in [5.41, 5.74) is 0.959. The summed E-state index contributed by atoms with van der Waals surface area (Å²) in [5.74, 6) is -0.291. The lowest BCUT2D eigenvalue weighted by Crippen LogP contribution is -2.28. The summed E-state index contributed by atoms with van der Waals surface area (Å²) in [6, 6.07) is 6.29. The highest BCUT2D eigenvalue weighted by atomic mass is 32.2. The zero-order valence-electron chi connectivity index (χ0n) is 9.42. The van der Waals surface area contributed by atoms with E-state index >= 15 is 0 Å². The monoisotopic (exact) mass is 255 g/mol. The molecule has 92 valence electrons. The van der Waals surface area contributed by atoms with Gasteiger partial charge in [0.05, 0.1) is 11.4 Å². The van der Waals surface area contributed by atoms with Gasteiger partial charge in [-0.2, -0.15) is 8.42 Å². The summed E-state index contributed by atoms with van der Waals surface area (Å²) in [6.07, 6.45) is 0.964. The first-order chi connectivity index (χ1) is 7.99. The maximum atomic E-state index is 11.8. The van der Waals surface area contributed by atoms with Crippen molar-refractivity contribution in [2.24, 2.45) is 0 Å². The molecule has 1 aliphatic heterocycles. The van der Waals surface area contributed by atoms with Gasteiger partial charge in [0.15, 0.2) is 0 Å². The van der Waals surface area contributed by atoms with Gasteiger partial charge in [-0.05, 0) is 25.5 Å². The Bertz CT molecular complexity index is 521. The van der Waals surface area contributed by atoms with Crippen molar-refractivity contribution in [3.8, 4) is 0 Å². The lowest BCUT2D eigenvalue weighted by atomic mass is 10.2. The highest BCUT2D eigenvalue weighted by Crippen LogP contribution is 2.18. The number of amides is 1. The predicted octanol–water partition coefficient (Wildman–Crippen LogP) is 1.24. The zero-order chi connectivity index (χ0) is 12.5. The molecule has 1 saturated heterocycles. The number of carbonyl (C=O) groups is 1. The van der Waals surface area contributed by atoms with Crippen molar-refractivity contribution >= 4 is 16.0 Å². The van der Waals surface area contributed by atoms with Gasteiger partial charge in [0, 0.05) is 6.42 Å². The molecule has 0 atom stereocenters. The minimum atomic E-state index is -3.89. The normalized spacial score (nSPS) is 16.5. The number of hydrogen-bond acceptors (Lipinski definition) is 4. The van der Waals surface area contributed by atoms with Crippen LogP contribution in [0.2, 0.25) is 0 Å². The van der Waals surface area contributed by atoms with Gasteiger partial charge in [-0.1, -0.05) is 17.7 Å². The van der Waals surface area contributed by atoms with Crippen molar-refractivity contribution in [1.82, 2.24) is 5.06 Å². The number of benzene rings is 1. The van der Waals surface area contributed by atoms with Gasteiger partial charge in [-0.15, -0.1) is 4.28 Å². The first kappa shape index (κ1) is 12.1. The van der Waals surface area contributed by atoms with E-state index in [1.165, 1.54) is 12.1 Å². The molecule has 1 heterocycles. The molecule has 0 unspecified atom stereocenters. The summed E-state index contributed by atoms with van der Waals surface area (Å²) in [4.78, 5) is 11.3. The van der Waals surface area contributed by atoms with E-state index < -0.39 is 10.1 Å². The highest BCUT2D eigenvalue weighted by Gasteiger charge is 2.27. The molecular formula is C11H13NO4S. The first-order valence-electron chi connectivity index (χ1n) is 5.31. The quantitative estimate of drug-likeness (QED) is 0.815. The summed E-state index contributed by atoms with van der Waals surface area (Å²) < 4.78 is 28.5. The Kier molecular flexibility index (Phi) is 3.17. The molecule has 6 heteroatoms. The smallest absolute Gasteiger partial charge is 0.273 e. The fourth-order valence-corrected chi connectivity index (χ4v) is 2.52. The van der Waals surface area contributed by atoms with Crippen LogP contribution in [0, 0.1) is 6.92 Å². The molecule has 0 spiro atoms. The maximum absolute atomic E-state index is 11.8. The molecular weight excluding hydrogens is 242 g/mol. The summed E-state index contributed by atoms with van der Waals surface area (Å²) in [6.45, 7) is 2.19. The topological polar surface area (TPSA) is 63.7 Å². The van der Waals surface area contributed by atoms with Crippen molar-refractivity contribution in [1.29, 1.82) is 0 Å². The third kappa shape index (κ3) is 2.65. The Morgan fingerprint density at radius 3 is 2.41 bits per heavy atom. The number of nitrogens with zero attached hydrogens (tertiary/aromatic N) is 1. The first-order valence-corrected chi connectivity index (χ1v) is 6.71. The average molecular weight is 255 g/mol. The Balaban J connectivity index is 2.19. The van der Waals surface area contributed by atoms with Gasteiger partial charge in [0.2, 0.25) is 5.91 Å². The summed E-state index contributed by atoms with van der Waals surface area (Å²) in [7, 11) is -3.89. The zero-order valence-corrected chi connectivity index (χ0v) is 10.2. The molecule has 0 bridgehead atoms. The van der Waals surface area contributed by atoms with E-state index in [4.69, 9.17) is 4.28 Å². The molecule has 0 saturated carbocycles. The molecule has 1 fully saturated rings. The van der Waals surface area contributed by atoms with E-state index in [1.807, 2.05) is 6.92 Å². The van der Waals surface area contributed by atoms with E-state index in [0.29, 0.717) is 19.4 Å². The molecule has 17 heavy (non-hydrogen) atoms. The molecule has 1 aromatic carbocycles. The fraction of sp³-hybridized carbons (Fsp3) is 0.364. The molecule has 0 aliphatic carbocycles. The van der Waals surface area contributed by atoms with Crippen molar-refractivity contribution in [3.05, 3.63) is 29.8 Å². The number of hydrogen-bond donors (Lipinski definition) is 0. The molecule has 1 amide bonds. The second-order valence-electron chi connectivity index (χ2n) is 3.94. The van der Waals surface area contributed by atoms with Crippen LogP contribution in [0.4, 0.5) is 0 Å². The Morgan fingerprint density at radius 2 is 1.88 bits per heavy atom. The predicted molar refractivity (Wildman–Crippen MR) is 60.4 cm³/mol. The number of carbonyl (C=O) groups excluding carboxylic acids is 1. The molecule has 0 aromatic heterocycles. The lowest BCUT2D eigenvalue weighted by Gasteiger charge is -2.14.